The molecular formula is C10H15BrO2S. The molecule has 4 heteroatoms. The maximum Gasteiger partial charge on any atom is 0.146 e. The number of halogens is 1. The summed E-state index contributed by atoms with van der Waals surface area (Å²) in [6.07, 6.45) is 2.30. The van der Waals surface area contributed by atoms with E-state index in [1.54, 1.807) is 18.4 Å². The fourth-order valence-electron chi connectivity index (χ4n) is 1.21. The van der Waals surface area contributed by atoms with E-state index in [4.69, 9.17) is 9.47 Å². The number of methoxy groups -OCH3 is 1. The average molecular weight is 279 g/mol. The lowest BCUT2D eigenvalue weighted by molar-refractivity contribution is -0.0393. The molecule has 1 heterocycles. The summed E-state index contributed by atoms with van der Waals surface area (Å²) in [7, 11) is 1.63. The van der Waals surface area contributed by atoms with Crippen LogP contribution in [0.5, 0.6) is 0 Å². The zero-order chi connectivity index (χ0) is 10.4. The molecule has 0 aromatic carbocycles. The van der Waals surface area contributed by atoms with Crippen LogP contribution in [0.3, 0.4) is 0 Å². The topological polar surface area (TPSA) is 18.5 Å². The molecule has 0 aliphatic rings. The van der Waals surface area contributed by atoms with E-state index in [1.165, 1.54) is 16.9 Å². The van der Waals surface area contributed by atoms with Gasteiger partial charge in [-0.1, -0.05) is 13.3 Å². The molecule has 0 aliphatic carbocycles. The van der Waals surface area contributed by atoms with Gasteiger partial charge in [-0.25, -0.2) is 0 Å². The van der Waals surface area contributed by atoms with Crippen molar-refractivity contribution in [1.82, 2.24) is 0 Å². The SMILES string of the molecule is CCCc1scc(Br)c1COCOC. The van der Waals surface area contributed by atoms with Gasteiger partial charge in [0.1, 0.15) is 6.79 Å². The summed E-state index contributed by atoms with van der Waals surface area (Å²) in [6, 6.07) is 0. The number of ether oxygens (including phenoxy) is 2. The van der Waals surface area contributed by atoms with Crippen LogP contribution in [0.2, 0.25) is 0 Å². The van der Waals surface area contributed by atoms with Crippen molar-refractivity contribution in [3.8, 4) is 0 Å². The summed E-state index contributed by atoms with van der Waals surface area (Å²) < 4.78 is 11.3. The van der Waals surface area contributed by atoms with E-state index in [0.717, 1.165) is 10.9 Å². The summed E-state index contributed by atoms with van der Waals surface area (Å²) >= 11 is 5.32. The van der Waals surface area contributed by atoms with E-state index in [-0.39, 0.29) is 0 Å². The van der Waals surface area contributed by atoms with Crippen LogP contribution in [0.1, 0.15) is 23.8 Å². The standard InChI is InChI=1S/C10H15BrO2S/c1-3-4-10-8(5-13-7-12-2)9(11)6-14-10/h6H,3-5,7H2,1-2H3. The minimum atomic E-state index is 0.355. The zero-order valence-corrected chi connectivity index (χ0v) is 10.9. The van der Waals surface area contributed by atoms with Crippen molar-refractivity contribution in [2.45, 2.75) is 26.4 Å². The molecule has 1 aromatic rings. The largest absolute Gasteiger partial charge is 0.359 e. The van der Waals surface area contributed by atoms with Crippen molar-refractivity contribution in [3.05, 3.63) is 20.3 Å². The lowest BCUT2D eigenvalue weighted by Crippen LogP contribution is -1.98. The summed E-state index contributed by atoms with van der Waals surface area (Å²) in [5, 5.41) is 2.12. The van der Waals surface area contributed by atoms with Crippen LogP contribution in [0.4, 0.5) is 0 Å². The molecule has 80 valence electrons. The molecule has 0 radical (unpaired) electrons. The Balaban J connectivity index is 2.57. The molecule has 0 aliphatic heterocycles. The fraction of sp³-hybridized carbons (Fsp3) is 0.600. The smallest absolute Gasteiger partial charge is 0.146 e. The molecule has 0 spiro atoms. The number of aryl methyl sites for hydroxylation is 1. The van der Waals surface area contributed by atoms with Gasteiger partial charge in [-0.3, -0.25) is 0 Å². The van der Waals surface area contributed by atoms with E-state index in [2.05, 4.69) is 28.2 Å². The third-order valence-electron chi connectivity index (χ3n) is 1.85. The van der Waals surface area contributed by atoms with Gasteiger partial charge in [0, 0.05) is 27.4 Å². The first-order chi connectivity index (χ1) is 6.79. The maximum absolute atomic E-state index is 5.35. The Kier molecular flexibility index (Phi) is 5.70. The highest BCUT2D eigenvalue weighted by Crippen LogP contribution is 2.29. The van der Waals surface area contributed by atoms with Crippen LogP contribution < -0.4 is 0 Å². The fourth-order valence-corrected chi connectivity index (χ4v) is 3.00. The number of hydrogen-bond acceptors (Lipinski definition) is 3. The molecule has 0 N–H and O–H groups in total. The summed E-state index contributed by atoms with van der Waals surface area (Å²) in [6.45, 7) is 3.18. The van der Waals surface area contributed by atoms with Crippen molar-refractivity contribution in [2.24, 2.45) is 0 Å². The van der Waals surface area contributed by atoms with E-state index in [0.29, 0.717) is 13.4 Å². The monoisotopic (exact) mass is 278 g/mol. The van der Waals surface area contributed by atoms with Gasteiger partial charge in [0.25, 0.3) is 0 Å². The molecule has 0 amide bonds. The number of hydrogen-bond donors (Lipinski definition) is 0. The van der Waals surface area contributed by atoms with Crippen LogP contribution in [0.15, 0.2) is 9.85 Å². The van der Waals surface area contributed by atoms with Crippen LogP contribution in [0.25, 0.3) is 0 Å². The second-order valence-corrected chi connectivity index (χ2v) is 4.81. The van der Waals surface area contributed by atoms with Gasteiger partial charge in [-0.2, -0.15) is 0 Å². The zero-order valence-electron chi connectivity index (χ0n) is 8.51. The van der Waals surface area contributed by atoms with Gasteiger partial charge >= 0.3 is 0 Å². The van der Waals surface area contributed by atoms with Crippen molar-refractivity contribution in [2.75, 3.05) is 13.9 Å². The second kappa shape index (κ2) is 6.56. The van der Waals surface area contributed by atoms with Crippen LogP contribution in [-0.2, 0) is 22.5 Å². The first kappa shape index (κ1) is 12.2. The predicted octanol–water partition coefficient (Wildman–Crippen LogP) is 3.58. The van der Waals surface area contributed by atoms with E-state index >= 15 is 0 Å². The van der Waals surface area contributed by atoms with E-state index in [1.807, 2.05) is 0 Å². The van der Waals surface area contributed by atoms with Gasteiger partial charge in [0.05, 0.1) is 6.61 Å². The minimum Gasteiger partial charge on any atom is -0.359 e. The third kappa shape index (κ3) is 3.35. The molecule has 0 saturated carbocycles. The summed E-state index contributed by atoms with van der Waals surface area (Å²) in [5.41, 5.74) is 1.27. The Labute approximate surface area is 97.4 Å². The highest BCUT2D eigenvalue weighted by atomic mass is 79.9. The Bertz CT molecular complexity index is 273. The normalized spacial score (nSPS) is 10.8. The highest BCUT2D eigenvalue weighted by Gasteiger charge is 2.08. The Morgan fingerprint density at radius 2 is 2.29 bits per heavy atom. The molecule has 0 unspecified atom stereocenters. The van der Waals surface area contributed by atoms with Gasteiger partial charge in [0.2, 0.25) is 0 Å². The molecule has 14 heavy (non-hydrogen) atoms. The number of thiophene rings is 1. The molecule has 2 nitrogen and oxygen atoms in total. The predicted molar refractivity (Wildman–Crippen MR) is 62.7 cm³/mol. The van der Waals surface area contributed by atoms with E-state index in [9.17, 15) is 0 Å². The van der Waals surface area contributed by atoms with Crippen LogP contribution >= 0.6 is 27.3 Å². The Morgan fingerprint density at radius 3 is 2.93 bits per heavy atom. The van der Waals surface area contributed by atoms with Gasteiger partial charge in [-0.15, -0.1) is 11.3 Å². The molecule has 0 atom stereocenters. The summed E-state index contributed by atoms with van der Waals surface area (Å²) in [4.78, 5) is 1.41. The second-order valence-electron chi connectivity index (χ2n) is 2.99. The summed E-state index contributed by atoms with van der Waals surface area (Å²) in [5.74, 6) is 0. The molecule has 0 saturated heterocycles. The maximum atomic E-state index is 5.35. The average Bonchev–Trinajstić information content (AvgIpc) is 2.50. The van der Waals surface area contributed by atoms with Gasteiger partial charge in [-0.05, 0) is 22.4 Å². The van der Waals surface area contributed by atoms with Crippen molar-refractivity contribution in [1.29, 1.82) is 0 Å². The van der Waals surface area contributed by atoms with Crippen molar-refractivity contribution >= 4 is 27.3 Å². The molecule has 0 fully saturated rings. The Morgan fingerprint density at radius 1 is 1.50 bits per heavy atom. The van der Waals surface area contributed by atoms with E-state index < -0.39 is 0 Å². The lowest BCUT2D eigenvalue weighted by atomic mass is 10.2. The van der Waals surface area contributed by atoms with Crippen LogP contribution in [-0.4, -0.2) is 13.9 Å². The molecule has 1 aromatic heterocycles. The first-order valence-electron chi connectivity index (χ1n) is 4.61. The molecule has 0 bridgehead atoms. The van der Waals surface area contributed by atoms with Crippen LogP contribution in [0, 0.1) is 0 Å². The minimum absolute atomic E-state index is 0.355. The molecular weight excluding hydrogens is 264 g/mol. The highest BCUT2D eigenvalue weighted by molar-refractivity contribution is 9.10. The van der Waals surface area contributed by atoms with Crippen molar-refractivity contribution < 1.29 is 9.47 Å². The first-order valence-corrected chi connectivity index (χ1v) is 6.28. The molecule has 1 rings (SSSR count). The lowest BCUT2D eigenvalue weighted by Gasteiger charge is -2.04. The Hall–Kier alpha value is 0.1000. The quantitative estimate of drug-likeness (QED) is 0.585. The third-order valence-corrected chi connectivity index (χ3v) is 3.95. The van der Waals surface area contributed by atoms with Crippen molar-refractivity contribution in [3.63, 3.8) is 0 Å². The number of rotatable bonds is 6. The van der Waals surface area contributed by atoms with Gasteiger partial charge < -0.3 is 9.47 Å². The van der Waals surface area contributed by atoms with Gasteiger partial charge in [0.15, 0.2) is 0 Å².